The average Bonchev–Trinajstić information content (AvgIpc) is 3.54. The van der Waals surface area contributed by atoms with E-state index in [2.05, 4.69) is 15.3 Å². The van der Waals surface area contributed by atoms with Gasteiger partial charge in [0.25, 0.3) is 12.3 Å². The van der Waals surface area contributed by atoms with Gasteiger partial charge in [-0.1, -0.05) is 23.7 Å². The molecule has 42 heavy (non-hydrogen) atoms. The zero-order valence-electron chi connectivity index (χ0n) is 22.8. The Morgan fingerprint density at radius 3 is 2.48 bits per heavy atom. The molecule has 2 aliphatic rings. The van der Waals surface area contributed by atoms with Crippen LogP contribution in [0.15, 0.2) is 59.7 Å². The molecule has 3 aromatic heterocycles. The van der Waals surface area contributed by atoms with E-state index in [1.807, 2.05) is 41.3 Å². The first-order valence-corrected chi connectivity index (χ1v) is 14.5. The number of rotatable bonds is 7. The van der Waals surface area contributed by atoms with E-state index in [9.17, 15) is 23.5 Å². The van der Waals surface area contributed by atoms with Gasteiger partial charge in [-0.05, 0) is 68.4 Å². The third-order valence-electron chi connectivity index (χ3n) is 8.27. The Labute approximate surface area is 245 Å². The SMILES string of the molecule is O=C(NC1CCC(Cn2c(=O)n(-c3ccc(N4CCC(O)C4)nc3)c3ccccc32)CC1)c1cc(Cl)cnc1C(F)F. The van der Waals surface area contributed by atoms with E-state index < -0.39 is 18.0 Å². The Kier molecular flexibility index (Phi) is 7.96. The predicted octanol–water partition coefficient (Wildman–Crippen LogP) is 4.73. The largest absolute Gasteiger partial charge is 0.391 e. The van der Waals surface area contributed by atoms with Gasteiger partial charge in [-0.2, -0.15) is 0 Å². The number of imidazole rings is 1. The summed E-state index contributed by atoms with van der Waals surface area (Å²) < 4.78 is 30.2. The number of alkyl halides is 2. The lowest BCUT2D eigenvalue weighted by molar-refractivity contribution is 0.0904. The predicted molar refractivity (Wildman–Crippen MR) is 156 cm³/mol. The van der Waals surface area contributed by atoms with Crippen molar-refractivity contribution in [2.75, 3.05) is 18.0 Å². The molecule has 0 bridgehead atoms. The highest BCUT2D eigenvalue weighted by molar-refractivity contribution is 6.30. The minimum Gasteiger partial charge on any atom is -0.391 e. The van der Waals surface area contributed by atoms with Gasteiger partial charge in [0, 0.05) is 31.9 Å². The number of nitrogens with zero attached hydrogens (tertiary/aromatic N) is 5. The number of nitrogens with one attached hydrogen (secondary N) is 1. The van der Waals surface area contributed by atoms with Crippen LogP contribution in [0, 0.1) is 5.92 Å². The van der Waals surface area contributed by atoms with Gasteiger partial charge in [0.1, 0.15) is 11.5 Å². The third kappa shape index (κ3) is 5.63. The third-order valence-corrected chi connectivity index (χ3v) is 8.48. The number of aromatic nitrogens is 4. The molecule has 1 saturated carbocycles. The lowest BCUT2D eigenvalue weighted by Gasteiger charge is -2.29. The fraction of sp³-hybridized carbons (Fsp3) is 0.400. The minimum atomic E-state index is -2.88. The number of aliphatic hydroxyl groups excluding tert-OH is 1. The van der Waals surface area contributed by atoms with Gasteiger partial charge in [0.05, 0.1) is 39.6 Å². The summed E-state index contributed by atoms with van der Waals surface area (Å²) in [5.74, 6) is 0.373. The van der Waals surface area contributed by atoms with Crippen molar-refractivity contribution in [3.8, 4) is 5.69 Å². The summed E-state index contributed by atoms with van der Waals surface area (Å²) >= 11 is 5.91. The number of amides is 1. The molecule has 1 aliphatic carbocycles. The number of pyridine rings is 2. The first-order valence-electron chi connectivity index (χ1n) is 14.1. The summed E-state index contributed by atoms with van der Waals surface area (Å²) in [5.41, 5.74) is 1.35. The summed E-state index contributed by atoms with van der Waals surface area (Å²) in [5, 5.41) is 12.8. The van der Waals surface area contributed by atoms with Crippen LogP contribution in [0.25, 0.3) is 16.7 Å². The number of hydrogen-bond donors (Lipinski definition) is 2. The number of hydrogen-bond acceptors (Lipinski definition) is 6. The molecular weight excluding hydrogens is 566 g/mol. The average molecular weight is 597 g/mol. The number of halogens is 3. The number of anilines is 1. The van der Waals surface area contributed by atoms with E-state index in [-0.39, 0.29) is 34.3 Å². The monoisotopic (exact) mass is 596 g/mol. The first kappa shape index (κ1) is 28.3. The van der Waals surface area contributed by atoms with Crippen LogP contribution in [-0.2, 0) is 6.54 Å². The molecule has 1 amide bonds. The Bertz CT molecular complexity index is 1650. The fourth-order valence-electron chi connectivity index (χ4n) is 6.10. The molecular formula is C30H31ClF2N6O3. The molecule has 6 rings (SSSR count). The van der Waals surface area contributed by atoms with Crippen LogP contribution in [0.2, 0.25) is 5.02 Å². The lowest BCUT2D eigenvalue weighted by Crippen LogP contribution is -2.39. The highest BCUT2D eigenvalue weighted by Crippen LogP contribution is 2.29. The molecule has 12 heteroatoms. The van der Waals surface area contributed by atoms with Gasteiger partial charge in [-0.3, -0.25) is 18.9 Å². The molecule has 4 aromatic rings. The van der Waals surface area contributed by atoms with E-state index >= 15 is 0 Å². The van der Waals surface area contributed by atoms with Crippen LogP contribution >= 0.6 is 11.6 Å². The van der Waals surface area contributed by atoms with E-state index in [1.54, 1.807) is 15.3 Å². The fourth-order valence-corrected chi connectivity index (χ4v) is 6.26. The second-order valence-electron chi connectivity index (χ2n) is 11.1. The number of aliphatic hydroxyl groups is 1. The van der Waals surface area contributed by atoms with Crippen molar-refractivity contribution in [3.05, 3.63) is 81.6 Å². The van der Waals surface area contributed by atoms with Crippen LogP contribution in [0.5, 0.6) is 0 Å². The molecule has 9 nitrogen and oxygen atoms in total. The van der Waals surface area contributed by atoms with Gasteiger partial charge in [-0.25, -0.2) is 18.6 Å². The Hall–Kier alpha value is -3.83. The highest BCUT2D eigenvalue weighted by atomic mass is 35.5. The summed E-state index contributed by atoms with van der Waals surface area (Å²) in [6.45, 7) is 1.82. The van der Waals surface area contributed by atoms with Crippen molar-refractivity contribution in [3.63, 3.8) is 0 Å². The number of β-amino-alcohol motifs (C(OH)–C–C–N with tert-alkyl or cyclic N) is 1. The van der Waals surface area contributed by atoms with Gasteiger partial charge < -0.3 is 15.3 Å². The van der Waals surface area contributed by atoms with Crippen LogP contribution in [-0.4, -0.2) is 55.4 Å². The Morgan fingerprint density at radius 1 is 1.05 bits per heavy atom. The second kappa shape index (κ2) is 11.8. The molecule has 1 aromatic carbocycles. The number of para-hydroxylation sites is 2. The maximum Gasteiger partial charge on any atom is 0.333 e. The molecule has 1 saturated heterocycles. The normalized spacial score (nSPS) is 20.9. The molecule has 0 spiro atoms. The van der Waals surface area contributed by atoms with Gasteiger partial charge in [0.2, 0.25) is 0 Å². The Balaban J connectivity index is 1.15. The highest BCUT2D eigenvalue weighted by Gasteiger charge is 2.28. The molecule has 0 radical (unpaired) electrons. The molecule has 220 valence electrons. The minimum absolute atomic E-state index is 0.121. The van der Waals surface area contributed by atoms with Crippen molar-refractivity contribution < 1.29 is 18.7 Å². The topological polar surface area (TPSA) is 105 Å². The van der Waals surface area contributed by atoms with Gasteiger partial charge in [-0.15, -0.1) is 0 Å². The van der Waals surface area contributed by atoms with Gasteiger partial charge in [0.15, 0.2) is 0 Å². The first-order chi connectivity index (χ1) is 20.3. The molecule has 1 atom stereocenters. The van der Waals surface area contributed by atoms with Crippen LogP contribution in [0.4, 0.5) is 14.6 Å². The van der Waals surface area contributed by atoms with Crippen molar-refractivity contribution in [1.29, 1.82) is 0 Å². The van der Waals surface area contributed by atoms with Crippen molar-refractivity contribution >= 4 is 34.4 Å². The van der Waals surface area contributed by atoms with Gasteiger partial charge >= 0.3 is 5.69 Å². The lowest BCUT2D eigenvalue weighted by atomic mass is 9.85. The number of benzene rings is 1. The standard InChI is InChI=1S/C30H31ClF2N6O3/c31-19-13-23(27(28(32)33)35-14-19)29(41)36-20-7-5-18(6-8-20)16-38-24-3-1-2-4-25(24)39(30(38)42)21-9-10-26(34-15-21)37-12-11-22(40)17-37/h1-4,9-10,13-15,18,20,22,28,40H,5-8,11-12,16-17H2,(H,36,41). The van der Waals surface area contributed by atoms with Crippen LogP contribution < -0.4 is 15.9 Å². The van der Waals surface area contributed by atoms with E-state index in [1.165, 1.54) is 6.07 Å². The Morgan fingerprint density at radius 2 is 1.81 bits per heavy atom. The van der Waals surface area contributed by atoms with Crippen LogP contribution in [0.3, 0.4) is 0 Å². The summed E-state index contributed by atoms with van der Waals surface area (Å²) in [7, 11) is 0. The van der Waals surface area contributed by atoms with Crippen LogP contribution in [0.1, 0.15) is 54.6 Å². The molecule has 1 unspecified atom stereocenters. The van der Waals surface area contributed by atoms with E-state index in [4.69, 9.17) is 11.6 Å². The zero-order chi connectivity index (χ0) is 29.4. The summed E-state index contributed by atoms with van der Waals surface area (Å²) in [6, 6.07) is 12.5. The number of fused-ring (bicyclic) bond motifs is 1. The summed E-state index contributed by atoms with van der Waals surface area (Å²) in [4.78, 5) is 36.8. The maximum absolute atomic E-state index is 13.7. The quantitative estimate of drug-likeness (QED) is 0.320. The number of carbonyl (C=O) groups is 1. The molecule has 1 aliphatic heterocycles. The number of carbonyl (C=O) groups excluding carboxylic acids is 1. The maximum atomic E-state index is 13.7. The molecule has 2 N–H and O–H groups in total. The van der Waals surface area contributed by atoms with E-state index in [0.717, 1.165) is 42.4 Å². The zero-order valence-corrected chi connectivity index (χ0v) is 23.6. The molecule has 2 fully saturated rings. The van der Waals surface area contributed by atoms with E-state index in [0.29, 0.717) is 38.0 Å². The van der Waals surface area contributed by atoms with Crippen molar-refractivity contribution in [2.24, 2.45) is 5.92 Å². The van der Waals surface area contributed by atoms with Crippen molar-refractivity contribution in [2.45, 2.75) is 57.2 Å². The second-order valence-corrected chi connectivity index (χ2v) is 11.5. The molecule has 4 heterocycles. The smallest absolute Gasteiger partial charge is 0.333 e. The van der Waals surface area contributed by atoms with Crippen molar-refractivity contribution in [1.82, 2.24) is 24.4 Å². The summed E-state index contributed by atoms with van der Waals surface area (Å²) in [6.07, 6.45) is 3.15.